The highest BCUT2D eigenvalue weighted by molar-refractivity contribution is 5.43. The van der Waals surface area contributed by atoms with Crippen LogP contribution in [0.4, 0.5) is 10.1 Å². The van der Waals surface area contributed by atoms with E-state index in [1.54, 1.807) is 19.1 Å². The molecular weight excluding hydrogens is 275 g/mol. The molecule has 0 unspecified atom stereocenters. The lowest BCUT2D eigenvalue weighted by Crippen LogP contribution is -2.01. The second-order valence-corrected chi connectivity index (χ2v) is 4.39. The van der Waals surface area contributed by atoms with Gasteiger partial charge >= 0.3 is 0 Å². The van der Waals surface area contributed by atoms with Gasteiger partial charge in [-0.3, -0.25) is 10.1 Å². The molecule has 0 fully saturated rings. The van der Waals surface area contributed by atoms with E-state index in [0.717, 1.165) is 0 Å². The van der Waals surface area contributed by atoms with E-state index in [1.807, 2.05) is 0 Å². The van der Waals surface area contributed by atoms with Crippen LogP contribution in [0.25, 0.3) is 0 Å². The first-order valence-corrected chi connectivity index (χ1v) is 6.08. The van der Waals surface area contributed by atoms with Crippen molar-refractivity contribution in [2.24, 2.45) is 0 Å². The highest BCUT2D eigenvalue weighted by Crippen LogP contribution is 2.24. The van der Waals surface area contributed by atoms with Gasteiger partial charge in [0.05, 0.1) is 10.5 Å². The van der Waals surface area contributed by atoms with Gasteiger partial charge in [-0.05, 0) is 24.6 Å². The minimum Gasteiger partial charge on any atom is -0.489 e. The molecule has 21 heavy (non-hydrogen) atoms. The van der Waals surface area contributed by atoms with Gasteiger partial charge in [0.25, 0.3) is 5.69 Å². The molecule has 0 aliphatic carbocycles. The zero-order chi connectivity index (χ0) is 15.4. The minimum absolute atomic E-state index is 0.0301. The number of ether oxygens (including phenoxy) is 1. The smallest absolute Gasteiger partial charge is 0.269 e. The Morgan fingerprint density at radius 3 is 2.76 bits per heavy atom. The number of nitro groups is 1. The summed E-state index contributed by atoms with van der Waals surface area (Å²) >= 11 is 0. The van der Waals surface area contributed by atoms with Gasteiger partial charge in [0, 0.05) is 17.7 Å². The summed E-state index contributed by atoms with van der Waals surface area (Å²) in [6.07, 6.45) is 0. The van der Waals surface area contributed by atoms with Gasteiger partial charge in [-0.25, -0.2) is 4.39 Å². The zero-order valence-corrected chi connectivity index (χ0v) is 11.2. The van der Waals surface area contributed by atoms with E-state index in [-0.39, 0.29) is 23.4 Å². The third-order valence-electron chi connectivity index (χ3n) is 2.95. The van der Waals surface area contributed by atoms with Gasteiger partial charge < -0.3 is 4.74 Å². The van der Waals surface area contributed by atoms with E-state index < -0.39 is 10.7 Å². The molecule has 0 aromatic heterocycles. The molecule has 0 heterocycles. The molecule has 2 aromatic rings. The fraction of sp³-hybridized carbons (Fsp3) is 0.133. The van der Waals surface area contributed by atoms with E-state index in [2.05, 4.69) is 0 Å². The molecule has 0 atom stereocenters. The Morgan fingerprint density at radius 2 is 2.14 bits per heavy atom. The molecule has 2 rings (SSSR count). The Kier molecular flexibility index (Phi) is 4.14. The van der Waals surface area contributed by atoms with Crippen molar-refractivity contribution in [2.75, 3.05) is 0 Å². The second kappa shape index (κ2) is 6.01. The predicted octanol–water partition coefficient (Wildman–Crippen LogP) is 3.49. The Labute approximate surface area is 120 Å². The number of halogens is 1. The highest BCUT2D eigenvalue weighted by atomic mass is 19.1. The van der Waals surface area contributed by atoms with Gasteiger partial charge in [0.1, 0.15) is 24.2 Å². The third-order valence-corrected chi connectivity index (χ3v) is 2.95. The first-order chi connectivity index (χ1) is 10.0. The molecule has 0 amide bonds. The Morgan fingerprint density at radius 1 is 1.38 bits per heavy atom. The number of hydrogen-bond acceptors (Lipinski definition) is 4. The van der Waals surface area contributed by atoms with Crippen molar-refractivity contribution in [1.82, 2.24) is 0 Å². The molecule has 6 heteroatoms. The van der Waals surface area contributed by atoms with E-state index >= 15 is 0 Å². The van der Waals surface area contributed by atoms with Gasteiger partial charge in [0.2, 0.25) is 0 Å². The van der Waals surface area contributed by atoms with Crippen LogP contribution in [0.5, 0.6) is 5.75 Å². The summed E-state index contributed by atoms with van der Waals surface area (Å²) in [6.45, 7) is 1.62. The summed E-state index contributed by atoms with van der Waals surface area (Å²) in [5.41, 5.74) is 0.766. The van der Waals surface area contributed by atoms with Crippen LogP contribution in [0.2, 0.25) is 0 Å². The maximum Gasteiger partial charge on any atom is 0.269 e. The summed E-state index contributed by atoms with van der Waals surface area (Å²) < 4.78 is 19.3. The maximum atomic E-state index is 13.9. The average molecular weight is 286 g/mol. The molecule has 0 N–H and O–H groups in total. The summed E-state index contributed by atoms with van der Waals surface area (Å²) in [5.74, 6) is -0.179. The van der Waals surface area contributed by atoms with Crippen LogP contribution < -0.4 is 4.74 Å². The van der Waals surface area contributed by atoms with Crippen LogP contribution in [0.1, 0.15) is 16.7 Å². The normalized spacial score (nSPS) is 9.95. The van der Waals surface area contributed by atoms with Crippen LogP contribution in [-0.4, -0.2) is 4.92 Å². The Balaban J connectivity index is 2.18. The van der Waals surface area contributed by atoms with Crippen molar-refractivity contribution in [1.29, 1.82) is 5.26 Å². The van der Waals surface area contributed by atoms with Gasteiger partial charge in [-0.2, -0.15) is 5.26 Å². The molecule has 5 nitrogen and oxygen atoms in total. The number of benzene rings is 2. The maximum absolute atomic E-state index is 13.9. The lowest BCUT2D eigenvalue weighted by molar-refractivity contribution is -0.384. The van der Waals surface area contributed by atoms with Crippen molar-refractivity contribution in [3.05, 3.63) is 69.0 Å². The number of nitro benzene ring substituents is 1. The molecule has 0 saturated heterocycles. The lowest BCUT2D eigenvalue weighted by Gasteiger charge is -2.10. The average Bonchev–Trinajstić information content (AvgIpc) is 2.47. The summed E-state index contributed by atoms with van der Waals surface area (Å²) in [7, 11) is 0. The number of rotatable bonds is 4. The SMILES string of the molecule is Cc1cc([N+](=O)[O-])ccc1OCc1cccc(C#N)c1F. The van der Waals surface area contributed by atoms with Crippen LogP contribution in [0, 0.1) is 34.2 Å². The highest BCUT2D eigenvalue weighted by Gasteiger charge is 2.11. The standard InChI is InChI=1S/C15H11FN2O3/c1-10-7-13(18(19)20)5-6-14(10)21-9-12-4-2-3-11(8-17)15(12)16/h2-7H,9H2,1H3. The van der Waals surface area contributed by atoms with E-state index in [1.165, 1.54) is 30.3 Å². The number of hydrogen-bond donors (Lipinski definition) is 0. The topological polar surface area (TPSA) is 76.2 Å². The van der Waals surface area contributed by atoms with Crippen molar-refractivity contribution in [3.8, 4) is 11.8 Å². The van der Waals surface area contributed by atoms with Crippen LogP contribution in [0.15, 0.2) is 36.4 Å². The first kappa shape index (κ1) is 14.5. The summed E-state index contributed by atoms with van der Waals surface area (Å²) in [4.78, 5) is 10.2. The number of nitriles is 1. The zero-order valence-electron chi connectivity index (χ0n) is 11.2. The van der Waals surface area contributed by atoms with Gasteiger partial charge in [-0.15, -0.1) is 0 Å². The quantitative estimate of drug-likeness (QED) is 0.636. The number of aryl methyl sites for hydroxylation is 1. The molecule has 0 bridgehead atoms. The monoisotopic (exact) mass is 286 g/mol. The Hall–Kier alpha value is -2.94. The fourth-order valence-corrected chi connectivity index (χ4v) is 1.84. The number of nitrogens with zero attached hydrogens (tertiary/aromatic N) is 2. The van der Waals surface area contributed by atoms with Crippen molar-refractivity contribution in [2.45, 2.75) is 13.5 Å². The second-order valence-electron chi connectivity index (χ2n) is 4.39. The summed E-state index contributed by atoms with van der Waals surface area (Å²) in [5, 5.41) is 19.4. The van der Waals surface area contributed by atoms with Crippen molar-refractivity contribution >= 4 is 5.69 Å². The van der Waals surface area contributed by atoms with E-state index in [4.69, 9.17) is 10.00 Å². The Bertz CT molecular complexity index is 738. The van der Waals surface area contributed by atoms with E-state index in [9.17, 15) is 14.5 Å². The van der Waals surface area contributed by atoms with Gasteiger partial charge in [0.15, 0.2) is 0 Å². The van der Waals surface area contributed by atoms with Crippen LogP contribution in [0.3, 0.4) is 0 Å². The van der Waals surface area contributed by atoms with Crippen molar-refractivity contribution in [3.63, 3.8) is 0 Å². The molecule has 106 valence electrons. The predicted molar refractivity (Wildman–Crippen MR) is 73.3 cm³/mol. The molecular formula is C15H11FN2O3. The third kappa shape index (κ3) is 3.15. The molecule has 0 aliphatic heterocycles. The van der Waals surface area contributed by atoms with E-state index in [0.29, 0.717) is 11.3 Å². The fourth-order valence-electron chi connectivity index (χ4n) is 1.84. The van der Waals surface area contributed by atoms with Crippen LogP contribution in [-0.2, 0) is 6.61 Å². The van der Waals surface area contributed by atoms with Crippen LogP contribution >= 0.6 is 0 Å². The molecule has 0 spiro atoms. The van der Waals surface area contributed by atoms with Crippen molar-refractivity contribution < 1.29 is 14.1 Å². The molecule has 0 saturated carbocycles. The largest absolute Gasteiger partial charge is 0.489 e. The molecule has 2 aromatic carbocycles. The minimum atomic E-state index is -0.612. The first-order valence-electron chi connectivity index (χ1n) is 6.08. The molecule has 0 aliphatic rings. The summed E-state index contributed by atoms with van der Waals surface area (Å²) in [6, 6.07) is 10.4. The lowest BCUT2D eigenvalue weighted by atomic mass is 10.1. The van der Waals surface area contributed by atoms with Gasteiger partial charge in [-0.1, -0.05) is 12.1 Å². The molecule has 0 radical (unpaired) electrons. The number of non-ortho nitro benzene ring substituents is 1.